The zero-order valence-corrected chi connectivity index (χ0v) is 14.8. The number of benzene rings is 2. The number of nitrogens with one attached hydrogen (secondary N) is 2. The molecule has 1 amide bonds. The molecule has 27 heavy (non-hydrogen) atoms. The second-order valence-corrected chi connectivity index (χ2v) is 6.10. The van der Waals surface area contributed by atoms with E-state index in [1.807, 2.05) is 18.2 Å². The molecule has 138 valence electrons. The second-order valence-electron chi connectivity index (χ2n) is 5.69. The van der Waals surface area contributed by atoms with Crippen molar-refractivity contribution in [2.45, 2.75) is 6.10 Å². The van der Waals surface area contributed by atoms with E-state index in [1.54, 1.807) is 24.3 Å². The molecule has 0 radical (unpaired) electrons. The van der Waals surface area contributed by atoms with Crippen molar-refractivity contribution < 1.29 is 14.3 Å². The van der Waals surface area contributed by atoms with Crippen LogP contribution in [-0.4, -0.2) is 27.8 Å². The lowest BCUT2D eigenvalue weighted by molar-refractivity contribution is 0.102. The van der Waals surface area contributed by atoms with Gasteiger partial charge >= 0.3 is 0 Å². The number of aromatic nitrogens is 2. The van der Waals surface area contributed by atoms with Crippen LogP contribution in [0.5, 0.6) is 0 Å². The molecule has 1 unspecified atom stereocenters. The number of aliphatic hydroxyl groups is 1. The van der Waals surface area contributed by atoms with Crippen molar-refractivity contribution in [3.63, 3.8) is 0 Å². The van der Waals surface area contributed by atoms with Crippen molar-refractivity contribution in [1.29, 1.82) is 0 Å². The molecule has 8 heteroatoms. The highest BCUT2D eigenvalue weighted by Crippen LogP contribution is 2.20. The molecule has 3 N–H and O–H groups in total. The van der Waals surface area contributed by atoms with Gasteiger partial charge in [0.2, 0.25) is 0 Å². The van der Waals surface area contributed by atoms with Crippen LogP contribution in [0.25, 0.3) is 0 Å². The van der Waals surface area contributed by atoms with Gasteiger partial charge in [-0.05, 0) is 42.0 Å². The Morgan fingerprint density at radius 1 is 1.11 bits per heavy atom. The van der Waals surface area contributed by atoms with Crippen LogP contribution in [0.3, 0.4) is 0 Å². The number of aliphatic hydroxyl groups excluding tert-OH is 1. The standard InChI is InChI=1S/C19H16ClFN4O2/c20-14-7-6-12(10-15(14)21)17(26)11-22-18-9-8-16(24-25-18)19(27)23-13-4-2-1-3-5-13/h1-10,17,26H,11H2,(H,22,25)(H,23,27). The minimum Gasteiger partial charge on any atom is -0.387 e. The summed E-state index contributed by atoms with van der Waals surface area (Å²) in [5, 5.41) is 23.5. The number of amides is 1. The molecule has 3 rings (SSSR count). The van der Waals surface area contributed by atoms with Gasteiger partial charge in [-0.3, -0.25) is 4.79 Å². The van der Waals surface area contributed by atoms with Crippen LogP contribution in [0.1, 0.15) is 22.2 Å². The van der Waals surface area contributed by atoms with Gasteiger partial charge in [-0.2, -0.15) is 0 Å². The number of rotatable bonds is 6. The smallest absolute Gasteiger partial charge is 0.276 e. The SMILES string of the molecule is O=C(Nc1ccccc1)c1ccc(NCC(O)c2ccc(Cl)c(F)c2)nn1. The molecule has 6 nitrogen and oxygen atoms in total. The number of carbonyl (C=O) groups is 1. The van der Waals surface area contributed by atoms with Crippen LogP contribution < -0.4 is 10.6 Å². The van der Waals surface area contributed by atoms with Gasteiger partial charge in [0.05, 0.1) is 11.1 Å². The lowest BCUT2D eigenvalue weighted by atomic mass is 10.1. The number of anilines is 2. The first-order valence-electron chi connectivity index (χ1n) is 8.10. The van der Waals surface area contributed by atoms with Crippen LogP contribution in [0.2, 0.25) is 5.02 Å². The largest absolute Gasteiger partial charge is 0.387 e. The van der Waals surface area contributed by atoms with Crippen molar-refractivity contribution in [3.05, 3.63) is 82.8 Å². The fourth-order valence-corrected chi connectivity index (χ4v) is 2.42. The summed E-state index contributed by atoms with van der Waals surface area (Å²) in [5.41, 5.74) is 1.20. The third-order valence-electron chi connectivity index (χ3n) is 3.73. The summed E-state index contributed by atoms with van der Waals surface area (Å²) in [4.78, 5) is 12.1. The maximum Gasteiger partial charge on any atom is 0.276 e. The highest BCUT2D eigenvalue weighted by atomic mass is 35.5. The van der Waals surface area contributed by atoms with Crippen LogP contribution in [-0.2, 0) is 0 Å². The number of halogens is 2. The van der Waals surface area contributed by atoms with E-state index in [9.17, 15) is 14.3 Å². The number of nitrogens with zero attached hydrogens (tertiary/aromatic N) is 2. The van der Waals surface area contributed by atoms with E-state index in [1.165, 1.54) is 18.2 Å². The number of hydrogen-bond donors (Lipinski definition) is 3. The van der Waals surface area contributed by atoms with E-state index in [2.05, 4.69) is 20.8 Å². The average molecular weight is 387 g/mol. The monoisotopic (exact) mass is 386 g/mol. The van der Waals surface area contributed by atoms with Gasteiger partial charge in [0.15, 0.2) is 5.69 Å². The normalized spacial score (nSPS) is 11.7. The van der Waals surface area contributed by atoms with Gasteiger partial charge in [0.25, 0.3) is 5.91 Å². The van der Waals surface area contributed by atoms with E-state index in [4.69, 9.17) is 11.6 Å². The van der Waals surface area contributed by atoms with Gasteiger partial charge in [0, 0.05) is 12.2 Å². The van der Waals surface area contributed by atoms with E-state index in [0.717, 1.165) is 0 Å². The highest BCUT2D eigenvalue weighted by molar-refractivity contribution is 6.30. The predicted octanol–water partition coefficient (Wildman–Crippen LogP) is 3.67. The molecule has 3 aromatic rings. The highest BCUT2D eigenvalue weighted by Gasteiger charge is 2.12. The minimum atomic E-state index is -0.959. The van der Waals surface area contributed by atoms with Gasteiger partial charge in [0.1, 0.15) is 11.6 Å². The molecule has 0 bridgehead atoms. The van der Waals surface area contributed by atoms with Gasteiger partial charge in [-0.15, -0.1) is 10.2 Å². The van der Waals surface area contributed by atoms with E-state index < -0.39 is 11.9 Å². The van der Waals surface area contributed by atoms with Crippen molar-refractivity contribution in [2.24, 2.45) is 0 Å². The fourth-order valence-electron chi connectivity index (χ4n) is 2.30. The van der Waals surface area contributed by atoms with Crippen LogP contribution in [0, 0.1) is 5.82 Å². The summed E-state index contributed by atoms with van der Waals surface area (Å²) in [6, 6.07) is 16.2. The maximum atomic E-state index is 13.5. The summed E-state index contributed by atoms with van der Waals surface area (Å²) >= 11 is 5.63. The second kappa shape index (κ2) is 8.57. The van der Waals surface area contributed by atoms with Crippen molar-refractivity contribution in [2.75, 3.05) is 17.2 Å². The molecule has 0 saturated heterocycles. The molecule has 0 aliphatic heterocycles. The summed E-state index contributed by atoms with van der Waals surface area (Å²) < 4.78 is 13.5. The molecule has 0 aliphatic rings. The van der Waals surface area contributed by atoms with Gasteiger partial charge in [-0.1, -0.05) is 35.9 Å². The van der Waals surface area contributed by atoms with Gasteiger partial charge < -0.3 is 15.7 Å². The zero-order chi connectivity index (χ0) is 19.2. The van der Waals surface area contributed by atoms with Crippen LogP contribution >= 0.6 is 11.6 Å². The first-order chi connectivity index (χ1) is 13.0. The Hall–Kier alpha value is -3.03. The van der Waals surface area contributed by atoms with Crippen molar-refractivity contribution >= 4 is 29.0 Å². The van der Waals surface area contributed by atoms with Crippen LogP contribution in [0.4, 0.5) is 15.9 Å². The Bertz CT molecular complexity index is 923. The van der Waals surface area contributed by atoms with Crippen molar-refractivity contribution in [1.82, 2.24) is 10.2 Å². The Morgan fingerprint density at radius 2 is 1.89 bits per heavy atom. The zero-order valence-electron chi connectivity index (χ0n) is 14.1. The Morgan fingerprint density at radius 3 is 2.56 bits per heavy atom. The van der Waals surface area contributed by atoms with E-state index >= 15 is 0 Å². The molecular weight excluding hydrogens is 371 g/mol. The summed E-state index contributed by atoms with van der Waals surface area (Å²) in [5.74, 6) is -0.599. The first kappa shape index (κ1) is 18.8. The number of para-hydroxylation sites is 1. The predicted molar refractivity (Wildman–Crippen MR) is 101 cm³/mol. The lowest BCUT2D eigenvalue weighted by Crippen LogP contribution is -2.16. The third-order valence-corrected chi connectivity index (χ3v) is 4.04. The molecule has 1 heterocycles. The lowest BCUT2D eigenvalue weighted by Gasteiger charge is -2.13. The Labute approximate surface area is 160 Å². The fraction of sp³-hybridized carbons (Fsp3) is 0.105. The average Bonchev–Trinajstić information content (AvgIpc) is 2.69. The minimum absolute atomic E-state index is 0.00542. The molecule has 1 atom stereocenters. The summed E-state index contributed by atoms with van der Waals surface area (Å²) in [7, 11) is 0. The Kier molecular flexibility index (Phi) is 5.95. The first-order valence-corrected chi connectivity index (χ1v) is 8.48. The van der Waals surface area contributed by atoms with Crippen molar-refractivity contribution in [3.8, 4) is 0 Å². The quantitative estimate of drug-likeness (QED) is 0.601. The molecule has 0 aliphatic carbocycles. The molecule has 0 spiro atoms. The summed E-state index contributed by atoms with van der Waals surface area (Å²) in [6.45, 7) is 0.0886. The molecule has 0 saturated carbocycles. The van der Waals surface area contributed by atoms with E-state index in [0.29, 0.717) is 17.1 Å². The maximum absolute atomic E-state index is 13.5. The molecule has 2 aromatic carbocycles. The summed E-state index contributed by atoms with van der Waals surface area (Å²) in [6.07, 6.45) is -0.959. The third kappa shape index (κ3) is 4.99. The topological polar surface area (TPSA) is 87.1 Å². The number of carbonyl (C=O) groups excluding carboxylic acids is 1. The van der Waals surface area contributed by atoms with Crippen LogP contribution in [0.15, 0.2) is 60.7 Å². The van der Waals surface area contributed by atoms with Gasteiger partial charge in [-0.25, -0.2) is 4.39 Å². The molecular formula is C19H16ClFN4O2. The molecule has 1 aromatic heterocycles. The Balaban J connectivity index is 1.57. The number of hydrogen-bond acceptors (Lipinski definition) is 5. The van der Waals surface area contributed by atoms with E-state index in [-0.39, 0.29) is 23.2 Å². The molecule has 0 fully saturated rings.